The number of piperazine rings is 1. The van der Waals surface area contributed by atoms with E-state index in [9.17, 15) is 13.2 Å². The minimum absolute atomic E-state index is 0.113. The Bertz CT molecular complexity index is 1050. The van der Waals surface area contributed by atoms with E-state index in [1.807, 2.05) is 6.07 Å². The molecule has 3 aromatic rings. The van der Waals surface area contributed by atoms with Gasteiger partial charge in [-0.2, -0.15) is 0 Å². The van der Waals surface area contributed by atoms with E-state index in [0.717, 1.165) is 9.83 Å². The number of aromatic nitrogens is 1. The number of hydrogen-bond acceptors (Lipinski definition) is 7. The number of hydrogen-bond donors (Lipinski definition) is 0. The Balaban J connectivity index is 1.54. The molecule has 1 aliphatic heterocycles. The average Bonchev–Trinajstić information content (AvgIpc) is 3.29. The molecule has 1 aliphatic rings. The average molecular weight is 391 g/mol. The number of anilines is 1. The van der Waals surface area contributed by atoms with Crippen LogP contribution in [0.4, 0.5) is 5.13 Å². The number of thiazole rings is 1. The molecule has 3 heterocycles. The summed E-state index contributed by atoms with van der Waals surface area (Å²) in [5, 5.41) is 0.779. The van der Waals surface area contributed by atoms with Gasteiger partial charge >= 0.3 is 0 Å². The van der Waals surface area contributed by atoms with E-state index in [1.165, 1.54) is 23.9 Å². The summed E-state index contributed by atoms with van der Waals surface area (Å²) in [5.41, 5.74) is 0.518. The zero-order valence-electron chi connectivity index (χ0n) is 14.1. The fraction of sp³-hybridized carbons (Fsp3) is 0.294. The number of nitrogens with zero attached hydrogens (tertiary/aromatic N) is 3. The van der Waals surface area contributed by atoms with Crippen LogP contribution in [0.3, 0.4) is 0 Å². The zero-order valence-corrected chi connectivity index (χ0v) is 15.7. The van der Waals surface area contributed by atoms with Gasteiger partial charge < -0.3 is 14.2 Å². The normalized spacial score (nSPS) is 15.6. The molecule has 0 radical (unpaired) electrons. The van der Waals surface area contributed by atoms with Crippen molar-refractivity contribution in [2.45, 2.75) is 4.90 Å². The largest absolute Gasteiger partial charge is 0.459 e. The summed E-state index contributed by atoms with van der Waals surface area (Å²) in [5.74, 6) is 0.231. The maximum atomic E-state index is 12.3. The highest BCUT2D eigenvalue weighted by atomic mass is 32.2. The maximum absolute atomic E-state index is 12.3. The smallest absolute Gasteiger partial charge is 0.289 e. The lowest BCUT2D eigenvalue weighted by Gasteiger charge is -2.34. The number of rotatable bonds is 3. The Labute approximate surface area is 154 Å². The fourth-order valence-electron chi connectivity index (χ4n) is 3.00. The molecule has 1 aromatic carbocycles. The van der Waals surface area contributed by atoms with Crippen LogP contribution in [-0.2, 0) is 9.84 Å². The molecule has 9 heteroatoms. The first-order chi connectivity index (χ1) is 12.4. The summed E-state index contributed by atoms with van der Waals surface area (Å²) in [6.07, 6.45) is 2.68. The number of benzene rings is 1. The van der Waals surface area contributed by atoms with Crippen molar-refractivity contribution in [3.8, 4) is 0 Å². The number of carbonyl (C=O) groups is 1. The van der Waals surface area contributed by atoms with Gasteiger partial charge in [0.15, 0.2) is 20.7 Å². The van der Waals surface area contributed by atoms with Gasteiger partial charge in [0.05, 0.1) is 15.9 Å². The summed E-state index contributed by atoms with van der Waals surface area (Å²) >= 11 is 1.47. The molecule has 0 unspecified atom stereocenters. The van der Waals surface area contributed by atoms with Crippen LogP contribution in [0.15, 0.2) is 45.9 Å². The molecule has 0 aliphatic carbocycles. The highest BCUT2D eigenvalue weighted by molar-refractivity contribution is 7.91. The van der Waals surface area contributed by atoms with Gasteiger partial charge in [-0.1, -0.05) is 17.4 Å². The van der Waals surface area contributed by atoms with Gasteiger partial charge in [0, 0.05) is 32.4 Å². The molecule has 0 atom stereocenters. The second-order valence-corrected chi connectivity index (χ2v) is 9.12. The monoisotopic (exact) mass is 391 g/mol. The Morgan fingerprint density at radius 1 is 1.15 bits per heavy atom. The summed E-state index contributed by atoms with van der Waals surface area (Å²) in [4.78, 5) is 21.0. The molecule has 1 fully saturated rings. The van der Waals surface area contributed by atoms with Gasteiger partial charge in [-0.3, -0.25) is 4.79 Å². The number of sulfone groups is 1. The van der Waals surface area contributed by atoms with Gasteiger partial charge in [-0.05, 0) is 24.3 Å². The van der Waals surface area contributed by atoms with Crippen LogP contribution < -0.4 is 4.90 Å². The lowest BCUT2D eigenvalue weighted by atomic mass is 10.3. The number of amides is 1. The highest BCUT2D eigenvalue weighted by Crippen LogP contribution is 2.33. The molecule has 4 rings (SSSR count). The quantitative estimate of drug-likeness (QED) is 0.681. The van der Waals surface area contributed by atoms with Gasteiger partial charge in [-0.25, -0.2) is 13.4 Å². The molecule has 7 nitrogen and oxygen atoms in total. The predicted molar refractivity (Wildman–Crippen MR) is 99.6 cm³/mol. The van der Waals surface area contributed by atoms with E-state index < -0.39 is 9.84 Å². The summed E-state index contributed by atoms with van der Waals surface area (Å²) < 4.78 is 29.9. The lowest BCUT2D eigenvalue weighted by molar-refractivity contribution is 0.0714. The summed E-state index contributed by atoms with van der Waals surface area (Å²) in [6.45, 7) is 2.41. The fourth-order valence-corrected chi connectivity index (χ4v) is 4.94. The SMILES string of the molecule is CS(=O)(=O)c1cccc2sc(N3CCN(C(=O)c4ccco4)CC3)nc12. The number of fused-ring (bicyclic) bond motifs is 1. The van der Waals surface area contributed by atoms with Crippen molar-refractivity contribution in [1.29, 1.82) is 0 Å². The van der Waals surface area contributed by atoms with E-state index in [-0.39, 0.29) is 10.8 Å². The van der Waals surface area contributed by atoms with E-state index in [4.69, 9.17) is 4.42 Å². The molecule has 1 amide bonds. The van der Waals surface area contributed by atoms with Crippen LogP contribution in [-0.4, -0.2) is 56.6 Å². The van der Waals surface area contributed by atoms with Crippen molar-refractivity contribution >= 4 is 42.4 Å². The van der Waals surface area contributed by atoms with Crippen molar-refractivity contribution in [3.05, 3.63) is 42.4 Å². The first kappa shape index (κ1) is 17.0. The van der Waals surface area contributed by atoms with Gasteiger partial charge in [-0.15, -0.1) is 0 Å². The molecule has 1 saturated heterocycles. The summed E-state index contributed by atoms with van der Waals surface area (Å²) in [6, 6.07) is 8.56. The van der Waals surface area contributed by atoms with E-state index >= 15 is 0 Å². The molecular weight excluding hydrogens is 374 g/mol. The lowest BCUT2D eigenvalue weighted by Crippen LogP contribution is -2.48. The van der Waals surface area contributed by atoms with Gasteiger partial charge in [0.2, 0.25) is 0 Å². The molecule has 0 bridgehead atoms. The Kier molecular flexibility index (Phi) is 4.20. The van der Waals surface area contributed by atoms with Gasteiger partial charge in [0.25, 0.3) is 5.91 Å². The van der Waals surface area contributed by atoms with Crippen LogP contribution in [0.25, 0.3) is 10.2 Å². The third-order valence-corrected chi connectivity index (χ3v) is 6.55. The zero-order chi connectivity index (χ0) is 18.3. The standard InChI is InChI=1S/C17H17N3O4S2/c1-26(22,23)14-6-2-5-13-15(14)18-17(25-13)20-9-7-19(8-10-20)16(21)12-4-3-11-24-12/h2-6,11H,7-10H2,1H3. The highest BCUT2D eigenvalue weighted by Gasteiger charge is 2.26. The molecule has 2 aromatic heterocycles. The second kappa shape index (κ2) is 6.40. The van der Waals surface area contributed by atoms with Crippen molar-refractivity contribution < 1.29 is 17.6 Å². The third-order valence-electron chi connectivity index (χ3n) is 4.34. The third kappa shape index (κ3) is 3.08. The van der Waals surface area contributed by atoms with Gasteiger partial charge in [0.1, 0.15) is 5.52 Å². The summed E-state index contributed by atoms with van der Waals surface area (Å²) in [7, 11) is -3.33. The Hall–Kier alpha value is -2.39. The number of carbonyl (C=O) groups excluding carboxylic acids is 1. The molecular formula is C17H17N3O4S2. The molecule has 0 spiro atoms. The molecule has 136 valence electrons. The van der Waals surface area contributed by atoms with Crippen LogP contribution in [0.2, 0.25) is 0 Å². The van der Waals surface area contributed by atoms with Crippen molar-refractivity contribution in [3.63, 3.8) is 0 Å². The Morgan fingerprint density at radius 3 is 2.58 bits per heavy atom. The first-order valence-electron chi connectivity index (χ1n) is 8.11. The van der Waals surface area contributed by atoms with Crippen LogP contribution in [0, 0.1) is 0 Å². The molecule has 0 N–H and O–H groups in total. The molecule has 0 saturated carbocycles. The predicted octanol–water partition coefficient (Wildman–Crippen LogP) is 2.26. The minimum atomic E-state index is -3.33. The number of furan rings is 1. The van der Waals surface area contributed by atoms with Crippen molar-refractivity contribution in [2.75, 3.05) is 37.3 Å². The van der Waals surface area contributed by atoms with Crippen LogP contribution >= 0.6 is 11.3 Å². The molecule has 26 heavy (non-hydrogen) atoms. The van der Waals surface area contributed by atoms with Crippen molar-refractivity contribution in [1.82, 2.24) is 9.88 Å². The van der Waals surface area contributed by atoms with E-state index in [2.05, 4.69) is 9.88 Å². The number of para-hydroxylation sites is 1. The van der Waals surface area contributed by atoms with Crippen molar-refractivity contribution in [2.24, 2.45) is 0 Å². The van der Waals surface area contributed by atoms with E-state index in [1.54, 1.807) is 29.2 Å². The van der Waals surface area contributed by atoms with Crippen LogP contribution in [0.5, 0.6) is 0 Å². The second-order valence-electron chi connectivity index (χ2n) is 6.13. The topological polar surface area (TPSA) is 83.7 Å². The maximum Gasteiger partial charge on any atom is 0.289 e. The minimum Gasteiger partial charge on any atom is -0.459 e. The first-order valence-corrected chi connectivity index (χ1v) is 10.8. The van der Waals surface area contributed by atoms with Crippen LogP contribution in [0.1, 0.15) is 10.6 Å². The van der Waals surface area contributed by atoms with E-state index in [0.29, 0.717) is 37.5 Å². The Morgan fingerprint density at radius 2 is 1.92 bits per heavy atom.